The molecule has 0 aliphatic carbocycles. The third-order valence-corrected chi connectivity index (χ3v) is 5.02. The Morgan fingerprint density at radius 3 is 2.67 bits per heavy atom. The molecule has 0 radical (unpaired) electrons. The van der Waals surface area contributed by atoms with Crippen LogP contribution in [0.15, 0.2) is 72.0 Å². The van der Waals surface area contributed by atoms with E-state index < -0.39 is 15.9 Å². The van der Waals surface area contributed by atoms with Gasteiger partial charge in [-0.05, 0) is 42.8 Å². The van der Waals surface area contributed by atoms with Crippen molar-refractivity contribution in [1.29, 1.82) is 0 Å². The first-order valence-corrected chi connectivity index (χ1v) is 8.63. The van der Waals surface area contributed by atoms with E-state index in [0.717, 1.165) is 9.54 Å². The summed E-state index contributed by atoms with van der Waals surface area (Å²) in [6, 6.07) is 13.2. The minimum absolute atomic E-state index is 0.195. The van der Waals surface area contributed by atoms with Gasteiger partial charge in [0.2, 0.25) is 0 Å². The van der Waals surface area contributed by atoms with E-state index in [2.05, 4.69) is 10.3 Å². The number of aryl methyl sites for hydroxylation is 1. The average molecular weight is 341 g/mol. The molecule has 1 aromatic carbocycles. The normalized spacial score (nSPS) is 11.2. The lowest BCUT2D eigenvalue weighted by molar-refractivity contribution is 0.102. The number of aromatic nitrogens is 2. The van der Waals surface area contributed by atoms with Crippen LogP contribution in [0.5, 0.6) is 0 Å². The Balaban J connectivity index is 1.84. The van der Waals surface area contributed by atoms with E-state index in [9.17, 15) is 13.2 Å². The molecule has 2 heterocycles. The predicted octanol–water partition coefficient (Wildman–Crippen LogP) is 2.68. The Morgan fingerprint density at radius 1 is 1.12 bits per heavy atom. The maximum atomic E-state index is 12.6. The zero-order valence-corrected chi connectivity index (χ0v) is 13.7. The lowest BCUT2D eigenvalue weighted by Gasteiger charge is -2.06. The highest BCUT2D eigenvalue weighted by Gasteiger charge is 2.17. The standard InChI is InChI=1S/C17H15N3O3S/c1-13-5-4-6-15(11-13)24(22,23)20-10-8-14(12-20)19-17(21)16-7-2-3-9-18-16/h2-12H,1H3,(H,19,21). The van der Waals surface area contributed by atoms with Gasteiger partial charge in [0.1, 0.15) is 5.69 Å². The van der Waals surface area contributed by atoms with Gasteiger partial charge < -0.3 is 5.32 Å². The predicted molar refractivity (Wildman–Crippen MR) is 90.4 cm³/mol. The number of hydrogen-bond acceptors (Lipinski definition) is 4. The molecule has 122 valence electrons. The molecule has 2 aromatic heterocycles. The fourth-order valence-electron chi connectivity index (χ4n) is 2.19. The van der Waals surface area contributed by atoms with Crippen molar-refractivity contribution in [2.45, 2.75) is 11.8 Å². The zero-order valence-electron chi connectivity index (χ0n) is 12.9. The minimum atomic E-state index is -3.69. The van der Waals surface area contributed by atoms with Gasteiger partial charge in [-0.25, -0.2) is 12.4 Å². The van der Waals surface area contributed by atoms with Crippen molar-refractivity contribution in [2.75, 3.05) is 5.32 Å². The molecule has 3 aromatic rings. The van der Waals surface area contributed by atoms with Gasteiger partial charge in [0.25, 0.3) is 15.9 Å². The van der Waals surface area contributed by atoms with Gasteiger partial charge in [-0.3, -0.25) is 9.78 Å². The van der Waals surface area contributed by atoms with E-state index in [4.69, 9.17) is 0 Å². The topological polar surface area (TPSA) is 81.1 Å². The maximum Gasteiger partial charge on any atom is 0.274 e. The molecule has 0 unspecified atom stereocenters. The van der Waals surface area contributed by atoms with Gasteiger partial charge in [0.15, 0.2) is 0 Å². The molecule has 0 aliphatic rings. The monoisotopic (exact) mass is 341 g/mol. The molecule has 0 aliphatic heterocycles. The highest BCUT2D eigenvalue weighted by atomic mass is 32.2. The average Bonchev–Trinajstić information content (AvgIpc) is 3.05. The molecule has 0 atom stereocenters. The highest BCUT2D eigenvalue weighted by Crippen LogP contribution is 2.18. The molecule has 0 bridgehead atoms. The molecule has 1 amide bonds. The quantitative estimate of drug-likeness (QED) is 0.791. The molecule has 3 rings (SSSR count). The number of pyridine rings is 1. The SMILES string of the molecule is Cc1cccc(S(=O)(=O)n2ccc(NC(=O)c3ccccn3)c2)c1. The summed E-state index contributed by atoms with van der Waals surface area (Å²) < 4.78 is 26.3. The first-order valence-electron chi connectivity index (χ1n) is 7.19. The Kier molecular flexibility index (Phi) is 4.18. The summed E-state index contributed by atoms with van der Waals surface area (Å²) in [5, 5.41) is 2.63. The largest absolute Gasteiger partial charge is 0.319 e. The smallest absolute Gasteiger partial charge is 0.274 e. The molecule has 0 fully saturated rings. The second-order valence-corrected chi connectivity index (χ2v) is 7.06. The summed E-state index contributed by atoms with van der Waals surface area (Å²) >= 11 is 0. The van der Waals surface area contributed by atoms with Crippen molar-refractivity contribution in [1.82, 2.24) is 8.96 Å². The van der Waals surface area contributed by atoms with Gasteiger partial charge in [-0.1, -0.05) is 18.2 Å². The number of carbonyl (C=O) groups is 1. The van der Waals surface area contributed by atoms with E-state index in [1.54, 1.807) is 30.3 Å². The lowest BCUT2D eigenvalue weighted by Crippen LogP contribution is -2.14. The summed E-state index contributed by atoms with van der Waals surface area (Å²) in [7, 11) is -3.69. The van der Waals surface area contributed by atoms with Crippen molar-refractivity contribution in [2.24, 2.45) is 0 Å². The minimum Gasteiger partial charge on any atom is -0.319 e. The van der Waals surface area contributed by atoms with Crippen molar-refractivity contribution >= 4 is 21.6 Å². The van der Waals surface area contributed by atoms with Crippen LogP contribution in [0.3, 0.4) is 0 Å². The summed E-state index contributed by atoms with van der Waals surface area (Å²) in [5.74, 6) is -0.402. The van der Waals surface area contributed by atoms with Gasteiger partial charge in [-0.2, -0.15) is 0 Å². The Morgan fingerprint density at radius 2 is 1.96 bits per heavy atom. The number of rotatable bonds is 4. The number of anilines is 1. The van der Waals surface area contributed by atoms with Gasteiger partial charge in [0.05, 0.1) is 10.6 Å². The summed E-state index contributed by atoms with van der Waals surface area (Å²) in [6.07, 6.45) is 4.27. The Bertz CT molecular complexity index is 979. The fourth-order valence-corrected chi connectivity index (χ4v) is 3.49. The highest BCUT2D eigenvalue weighted by molar-refractivity contribution is 7.90. The lowest BCUT2D eigenvalue weighted by atomic mass is 10.2. The van der Waals surface area contributed by atoms with Crippen LogP contribution in [0.25, 0.3) is 0 Å². The van der Waals surface area contributed by atoms with E-state index >= 15 is 0 Å². The number of nitrogens with zero attached hydrogens (tertiary/aromatic N) is 2. The van der Waals surface area contributed by atoms with Gasteiger partial charge in [0, 0.05) is 18.6 Å². The van der Waals surface area contributed by atoms with Crippen LogP contribution in [0, 0.1) is 6.92 Å². The van der Waals surface area contributed by atoms with Crippen molar-refractivity contribution < 1.29 is 13.2 Å². The number of amides is 1. The molecule has 24 heavy (non-hydrogen) atoms. The third kappa shape index (κ3) is 3.21. The van der Waals surface area contributed by atoms with E-state index in [0.29, 0.717) is 5.69 Å². The van der Waals surface area contributed by atoms with Crippen molar-refractivity contribution in [3.8, 4) is 0 Å². The van der Waals surface area contributed by atoms with Crippen LogP contribution in [0.1, 0.15) is 16.1 Å². The maximum absolute atomic E-state index is 12.6. The number of hydrogen-bond donors (Lipinski definition) is 1. The molecule has 1 N–H and O–H groups in total. The van der Waals surface area contributed by atoms with E-state index in [1.165, 1.54) is 30.7 Å². The molecule has 0 saturated carbocycles. The molecular weight excluding hydrogens is 326 g/mol. The first-order chi connectivity index (χ1) is 11.5. The Labute approximate surface area is 139 Å². The first kappa shape index (κ1) is 15.9. The number of nitrogens with one attached hydrogen (secondary N) is 1. The van der Waals surface area contributed by atoms with Crippen LogP contribution >= 0.6 is 0 Å². The van der Waals surface area contributed by atoms with Crippen molar-refractivity contribution in [3.05, 3.63) is 78.4 Å². The summed E-state index contributed by atoms with van der Waals surface area (Å²) in [4.78, 5) is 16.2. The van der Waals surface area contributed by atoms with E-state index in [1.807, 2.05) is 13.0 Å². The fraction of sp³-hybridized carbons (Fsp3) is 0.0588. The molecule has 0 saturated heterocycles. The van der Waals surface area contributed by atoms with Crippen LogP contribution in [0.4, 0.5) is 5.69 Å². The molecular formula is C17H15N3O3S. The van der Waals surface area contributed by atoms with Crippen molar-refractivity contribution in [3.63, 3.8) is 0 Å². The summed E-state index contributed by atoms with van der Waals surface area (Å²) in [6.45, 7) is 1.83. The van der Waals surface area contributed by atoms with Gasteiger partial charge >= 0.3 is 0 Å². The number of benzene rings is 1. The second-order valence-electron chi connectivity index (χ2n) is 5.22. The van der Waals surface area contributed by atoms with Crippen LogP contribution < -0.4 is 5.32 Å². The third-order valence-electron chi connectivity index (χ3n) is 3.39. The number of carbonyl (C=O) groups excluding carboxylic acids is 1. The second kappa shape index (κ2) is 6.29. The molecule has 6 nitrogen and oxygen atoms in total. The summed E-state index contributed by atoms with van der Waals surface area (Å²) in [5.41, 5.74) is 1.49. The molecule has 0 spiro atoms. The zero-order chi connectivity index (χ0) is 17.2. The van der Waals surface area contributed by atoms with E-state index in [-0.39, 0.29) is 10.6 Å². The Hall–Kier alpha value is -2.93. The molecule has 7 heteroatoms. The van der Waals surface area contributed by atoms with Gasteiger partial charge in [-0.15, -0.1) is 0 Å². The van der Waals surface area contributed by atoms with Crippen LogP contribution in [-0.4, -0.2) is 23.3 Å². The van der Waals surface area contributed by atoms with Crippen LogP contribution in [-0.2, 0) is 10.0 Å². The van der Waals surface area contributed by atoms with Crippen LogP contribution in [0.2, 0.25) is 0 Å².